The molecule has 0 saturated carbocycles. The second-order valence-corrected chi connectivity index (χ2v) is 6.36. The van der Waals surface area contributed by atoms with Crippen molar-refractivity contribution < 1.29 is 9.90 Å². The van der Waals surface area contributed by atoms with Crippen LogP contribution in [0.5, 0.6) is 0 Å². The molecular formula is C15H23ClN2O2S. The van der Waals surface area contributed by atoms with E-state index in [0.29, 0.717) is 18.8 Å². The lowest BCUT2D eigenvalue weighted by Gasteiger charge is -2.14. The summed E-state index contributed by atoms with van der Waals surface area (Å²) in [5.74, 6) is 0.570. The Labute approximate surface area is 136 Å². The third-order valence-corrected chi connectivity index (χ3v) is 4.73. The van der Waals surface area contributed by atoms with Crippen molar-refractivity contribution >= 4 is 30.1 Å². The van der Waals surface area contributed by atoms with E-state index in [1.807, 2.05) is 0 Å². The summed E-state index contributed by atoms with van der Waals surface area (Å²) in [6, 6.07) is 6.27. The van der Waals surface area contributed by atoms with Gasteiger partial charge < -0.3 is 15.7 Å². The number of aliphatic hydroxyl groups excluding tert-OH is 1. The Morgan fingerprint density at radius 3 is 2.86 bits per heavy atom. The second kappa shape index (κ2) is 8.63. The van der Waals surface area contributed by atoms with Crippen molar-refractivity contribution in [3.05, 3.63) is 29.3 Å². The van der Waals surface area contributed by atoms with Crippen molar-refractivity contribution in [2.75, 3.05) is 25.4 Å². The molecule has 1 aliphatic heterocycles. The monoisotopic (exact) mass is 330 g/mol. The van der Waals surface area contributed by atoms with Crippen LogP contribution in [0.25, 0.3) is 0 Å². The van der Waals surface area contributed by atoms with Crippen LogP contribution in [0.3, 0.4) is 0 Å². The van der Waals surface area contributed by atoms with E-state index in [-0.39, 0.29) is 30.3 Å². The van der Waals surface area contributed by atoms with Gasteiger partial charge in [0.05, 0.1) is 11.9 Å². The van der Waals surface area contributed by atoms with Crippen molar-refractivity contribution in [1.82, 2.24) is 10.6 Å². The normalized spacial score (nSPS) is 20.9. The highest BCUT2D eigenvalue weighted by Gasteiger charge is 2.24. The van der Waals surface area contributed by atoms with Gasteiger partial charge in [0.2, 0.25) is 5.91 Å². The van der Waals surface area contributed by atoms with Gasteiger partial charge in [-0.15, -0.1) is 24.2 Å². The Hall–Kier alpha value is -0.750. The standard InChI is InChI=1S/C15H22N2O2S.ClH/c1-10-3-4-11(2)14(5-10)20-9-15(19)17-7-12-6-16-8-13(12)18;/h3-5,12-13,16,18H,6-9H2,1-2H3,(H,17,19);1H. The van der Waals surface area contributed by atoms with Gasteiger partial charge >= 0.3 is 0 Å². The highest BCUT2D eigenvalue weighted by atomic mass is 35.5. The zero-order chi connectivity index (χ0) is 14.5. The van der Waals surface area contributed by atoms with Crippen LogP contribution in [0, 0.1) is 19.8 Å². The molecule has 0 bridgehead atoms. The van der Waals surface area contributed by atoms with E-state index in [4.69, 9.17) is 0 Å². The van der Waals surface area contributed by atoms with Crippen molar-refractivity contribution in [2.45, 2.75) is 24.8 Å². The summed E-state index contributed by atoms with van der Waals surface area (Å²) < 4.78 is 0. The summed E-state index contributed by atoms with van der Waals surface area (Å²) in [6.07, 6.45) is -0.345. The van der Waals surface area contributed by atoms with Gasteiger partial charge in [0, 0.05) is 30.4 Å². The third kappa shape index (κ3) is 5.51. The molecule has 0 aliphatic carbocycles. The van der Waals surface area contributed by atoms with Crippen molar-refractivity contribution in [3.8, 4) is 0 Å². The molecule has 1 heterocycles. The summed E-state index contributed by atoms with van der Waals surface area (Å²) in [5, 5.41) is 15.7. The van der Waals surface area contributed by atoms with Gasteiger partial charge in [0.15, 0.2) is 0 Å². The number of thioether (sulfide) groups is 1. The van der Waals surface area contributed by atoms with E-state index in [2.05, 4.69) is 42.7 Å². The zero-order valence-electron chi connectivity index (χ0n) is 12.4. The van der Waals surface area contributed by atoms with Gasteiger partial charge in [-0.05, 0) is 25.5 Å². The number of nitrogens with one attached hydrogen (secondary N) is 2. The van der Waals surface area contributed by atoms with E-state index in [0.717, 1.165) is 11.4 Å². The molecule has 6 heteroatoms. The molecule has 118 valence electrons. The SMILES string of the molecule is Cc1ccc(C)c(SCC(=O)NCC2CNCC2O)c1.Cl. The Morgan fingerprint density at radius 1 is 1.43 bits per heavy atom. The van der Waals surface area contributed by atoms with Crippen LogP contribution in [0.1, 0.15) is 11.1 Å². The van der Waals surface area contributed by atoms with Gasteiger partial charge in [-0.2, -0.15) is 0 Å². The van der Waals surface area contributed by atoms with Crippen LogP contribution in [0.15, 0.2) is 23.1 Å². The molecule has 0 aromatic heterocycles. The largest absolute Gasteiger partial charge is 0.391 e. The van der Waals surface area contributed by atoms with Crippen molar-refractivity contribution in [2.24, 2.45) is 5.92 Å². The molecule has 1 fully saturated rings. The van der Waals surface area contributed by atoms with Crippen LogP contribution in [0.2, 0.25) is 0 Å². The quantitative estimate of drug-likeness (QED) is 0.716. The fourth-order valence-electron chi connectivity index (χ4n) is 2.23. The fraction of sp³-hybridized carbons (Fsp3) is 0.533. The number of carbonyl (C=O) groups excluding carboxylic acids is 1. The topological polar surface area (TPSA) is 61.4 Å². The van der Waals surface area contributed by atoms with E-state index in [9.17, 15) is 9.90 Å². The minimum Gasteiger partial charge on any atom is -0.391 e. The van der Waals surface area contributed by atoms with Crippen molar-refractivity contribution in [3.63, 3.8) is 0 Å². The molecule has 0 radical (unpaired) electrons. The summed E-state index contributed by atoms with van der Waals surface area (Å²) in [5.41, 5.74) is 2.41. The number of aliphatic hydroxyl groups is 1. The van der Waals surface area contributed by atoms with E-state index < -0.39 is 0 Å². The van der Waals surface area contributed by atoms with E-state index >= 15 is 0 Å². The second-order valence-electron chi connectivity index (χ2n) is 5.35. The minimum atomic E-state index is -0.345. The number of rotatable bonds is 5. The third-order valence-electron chi connectivity index (χ3n) is 3.57. The van der Waals surface area contributed by atoms with Crippen LogP contribution < -0.4 is 10.6 Å². The lowest BCUT2D eigenvalue weighted by molar-refractivity contribution is -0.118. The molecule has 1 amide bonds. The van der Waals surface area contributed by atoms with E-state index in [1.165, 1.54) is 11.1 Å². The zero-order valence-corrected chi connectivity index (χ0v) is 14.0. The average Bonchev–Trinajstić information content (AvgIpc) is 2.83. The molecule has 2 unspecified atom stereocenters. The van der Waals surface area contributed by atoms with E-state index in [1.54, 1.807) is 11.8 Å². The van der Waals surface area contributed by atoms with Crippen LogP contribution in [-0.2, 0) is 4.79 Å². The Balaban J connectivity index is 0.00000220. The molecule has 1 aliphatic rings. The first-order valence-corrected chi connectivity index (χ1v) is 7.90. The summed E-state index contributed by atoms with van der Waals surface area (Å²) in [6.45, 7) is 6.04. The highest BCUT2D eigenvalue weighted by Crippen LogP contribution is 2.23. The fourth-order valence-corrected chi connectivity index (χ4v) is 3.18. The smallest absolute Gasteiger partial charge is 0.230 e. The molecule has 1 saturated heterocycles. The Morgan fingerprint density at radius 2 is 2.19 bits per heavy atom. The van der Waals surface area contributed by atoms with Crippen LogP contribution >= 0.6 is 24.2 Å². The van der Waals surface area contributed by atoms with Gasteiger partial charge in [0.25, 0.3) is 0 Å². The predicted molar refractivity (Wildman–Crippen MR) is 89.3 cm³/mol. The molecular weight excluding hydrogens is 308 g/mol. The number of amides is 1. The predicted octanol–water partition coefficient (Wildman–Crippen LogP) is 1.51. The number of hydrogen-bond acceptors (Lipinski definition) is 4. The maximum atomic E-state index is 11.8. The number of β-amino-alcohol motifs (C(OH)–C–C–N with tert-alkyl or cyclic N) is 1. The first-order valence-electron chi connectivity index (χ1n) is 6.92. The number of hydrogen-bond donors (Lipinski definition) is 3. The van der Waals surface area contributed by atoms with Gasteiger partial charge in [0.1, 0.15) is 0 Å². The molecule has 2 atom stereocenters. The van der Waals surface area contributed by atoms with Gasteiger partial charge in [-0.3, -0.25) is 4.79 Å². The Bertz CT molecular complexity index is 485. The van der Waals surface area contributed by atoms with Crippen LogP contribution in [0.4, 0.5) is 0 Å². The molecule has 3 N–H and O–H groups in total. The number of halogens is 1. The lowest BCUT2D eigenvalue weighted by atomic mass is 10.1. The van der Waals surface area contributed by atoms with Crippen molar-refractivity contribution in [1.29, 1.82) is 0 Å². The summed E-state index contributed by atoms with van der Waals surface area (Å²) in [4.78, 5) is 13.0. The van der Waals surface area contributed by atoms with Gasteiger partial charge in [-0.25, -0.2) is 0 Å². The first kappa shape index (κ1) is 18.3. The Kier molecular flexibility index (Phi) is 7.52. The summed E-state index contributed by atoms with van der Waals surface area (Å²) in [7, 11) is 0. The molecule has 21 heavy (non-hydrogen) atoms. The minimum absolute atomic E-state index is 0. The molecule has 4 nitrogen and oxygen atoms in total. The molecule has 1 aromatic rings. The summed E-state index contributed by atoms with van der Waals surface area (Å²) >= 11 is 1.56. The van der Waals surface area contributed by atoms with Gasteiger partial charge in [-0.1, -0.05) is 17.7 Å². The first-order chi connectivity index (χ1) is 9.56. The number of benzene rings is 1. The molecule has 0 spiro atoms. The van der Waals surface area contributed by atoms with Crippen LogP contribution in [-0.4, -0.2) is 42.5 Å². The maximum absolute atomic E-state index is 11.8. The maximum Gasteiger partial charge on any atom is 0.230 e. The number of aryl methyl sites for hydroxylation is 2. The average molecular weight is 331 g/mol. The lowest BCUT2D eigenvalue weighted by Crippen LogP contribution is -2.35. The molecule has 1 aromatic carbocycles. The highest BCUT2D eigenvalue weighted by molar-refractivity contribution is 8.00. The number of carbonyl (C=O) groups is 1. The molecule has 2 rings (SSSR count).